The van der Waals surface area contributed by atoms with Crippen LogP contribution in [0.2, 0.25) is 0 Å². The molecule has 0 bridgehead atoms. The van der Waals surface area contributed by atoms with E-state index >= 15 is 0 Å². The normalized spacial score (nSPS) is 21.9. The molecule has 17 heavy (non-hydrogen) atoms. The summed E-state index contributed by atoms with van der Waals surface area (Å²) < 4.78 is 5.06. The third kappa shape index (κ3) is 3.40. The van der Waals surface area contributed by atoms with Gasteiger partial charge < -0.3 is 26.8 Å². The van der Waals surface area contributed by atoms with Crippen LogP contribution in [0.1, 0.15) is 6.42 Å². The van der Waals surface area contributed by atoms with Gasteiger partial charge in [-0.3, -0.25) is 14.4 Å². The van der Waals surface area contributed by atoms with Crippen molar-refractivity contribution in [3.63, 3.8) is 0 Å². The van der Waals surface area contributed by atoms with E-state index in [1.54, 1.807) is 0 Å². The number of carbonyl (C=O) groups excluding carboxylic acids is 3. The molecule has 2 atom stereocenters. The zero-order valence-electron chi connectivity index (χ0n) is 9.30. The molecule has 1 aliphatic rings. The first-order chi connectivity index (χ1) is 7.93. The molecule has 8 nitrogen and oxygen atoms in total. The number of primary amides is 2. The number of hydrogen-bond acceptors (Lipinski definition) is 5. The largest absolute Gasteiger partial charge is 0.377 e. The zero-order chi connectivity index (χ0) is 13.0. The number of ether oxygens (including phenoxy) is 1. The first-order valence-electron chi connectivity index (χ1n) is 5.15. The van der Waals surface area contributed by atoms with Crippen LogP contribution in [0.25, 0.3) is 0 Å². The highest BCUT2D eigenvalue weighted by Gasteiger charge is 2.34. The molecule has 1 rings (SSSR count). The van der Waals surface area contributed by atoms with Crippen molar-refractivity contribution in [3.05, 3.63) is 0 Å². The number of morpholine rings is 1. The summed E-state index contributed by atoms with van der Waals surface area (Å²) in [5, 5.41) is 0. The van der Waals surface area contributed by atoms with Gasteiger partial charge in [0.05, 0.1) is 25.7 Å². The highest BCUT2D eigenvalue weighted by atomic mass is 16.5. The molecule has 0 aromatic heterocycles. The van der Waals surface area contributed by atoms with Crippen LogP contribution < -0.4 is 17.2 Å². The molecule has 0 aliphatic carbocycles. The Bertz CT molecular complexity index is 333. The minimum absolute atomic E-state index is 0.0460. The number of rotatable bonds is 4. The highest BCUT2D eigenvalue weighted by Crippen LogP contribution is 2.09. The van der Waals surface area contributed by atoms with E-state index in [0.717, 1.165) is 0 Å². The molecule has 2 unspecified atom stereocenters. The smallest absolute Gasteiger partial charge is 0.242 e. The predicted octanol–water partition coefficient (Wildman–Crippen LogP) is -3.10. The molecule has 1 fully saturated rings. The monoisotopic (exact) mass is 244 g/mol. The Hall–Kier alpha value is -1.67. The van der Waals surface area contributed by atoms with Gasteiger partial charge in [0.1, 0.15) is 6.04 Å². The molecule has 0 aromatic rings. The van der Waals surface area contributed by atoms with Crippen molar-refractivity contribution in [1.29, 1.82) is 0 Å². The highest BCUT2D eigenvalue weighted by molar-refractivity contribution is 5.91. The predicted molar refractivity (Wildman–Crippen MR) is 57.3 cm³/mol. The van der Waals surface area contributed by atoms with E-state index < -0.39 is 29.8 Å². The molecule has 8 heteroatoms. The Labute approximate surface area is 98.0 Å². The third-order valence-corrected chi connectivity index (χ3v) is 2.48. The average molecular weight is 244 g/mol. The second-order valence-corrected chi connectivity index (χ2v) is 3.80. The van der Waals surface area contributed by atoms with Crippen LogP contribution in [0.15, 0.2) is 0 Å². The summed E-state index contributed by atoms with van der Waals surface area (Å²) in [5.41, 5.74) is 15.6. The minimum Gasteiger partial charge on any atom is -0.377 e. The molecule has 1 aliphatic heterocycles. The molecule has 1 heterocycles. The van der Waals surface area contributed by atoms with Gasteiger partial charge in [0.15, 0.2) is 0 Å². The maximum Gasteiger partial charge on any atom is 0.242 e. The fraction of sp³-hybridized carbons (Fsp3) is 0.667. The summed E-state index contributed by atoms with van der Waals surface area (Å²) >= 11 is 0. The van der Waals surface area contributed by atoms with Crippen LogP contribution in [0.5, 0.6) is 0 Å². The van der Waals surface area contributed by atoms with Gasteiger partial charge in [0.2, 0.25) is 17.7 Å². The second kappa shape index (κ2) is 5.60. The summed E-state index contributed by atoms with van der Waals surface area (Å²) in [6, 6.07) is -1.89. The van der Waals surface area contributed by atoms with E-state index in [4.69, 9.17) is 21.9 Å². The van der Waals surface area contributed by atoms with Crippen molar-refractivity contribution >= 4 is 17.7 Å². The lowest BCUT2D eigenvalue weighted by atomic mass is 10.1. The van der Waals surface area contributed by atoms with E-state index in [2.05, 4.69) is 0 Å². The quantitative estimate of drug-likeness (QED) is 0.480. The number of nitrogens with zero attached hydrogens (tertiary/aromatic N) is 1. The van der Waals surface area contributed by atoms with Gasteiger partial charge in [-0.05, 0) is 0 Å². The molecule has 0 aromatic carbocycles. The van der Waals surface area contributed by atoms with Gasteiger partial charge in [-0.25, -0.2) is 0 Å². The van der Waals surface area contributed by atoms with Crippen molar-refractivity contribution in [2.24, 2.45) is 17.2 Å². The van der Waals surface area contributed by atoms with Crippen molar-refractivity contribution in [2.75, 3.05) is 19.8 Å². The van der Waals surface area contributed by atoms with Crippen LogP contribution in [-0.4, -0.2) is 54.5 Å². The molecule has 0 saturated carbocycles. The number of hydrogen-bond donors (Lipinski definition) is 3. The summed E-state index contributed by atoms with van der Waals surface area (Å²) in [5.74, 6) is -1.85. The molecule has 96 valence electrons. The van der Waals surface area contributed by atoms with E-state index in [1.165, 1.54) is 4.90 Å². The maximum atomic E-state index is 11.9. The Morgan fingerprint density at radius 1 is 1.35 bits per heavy atom. The Morgan fingerprint density at radius 2 is 2.00 bits per heavy atom. The Morgan fingerprint density at radius 3 is 2.53 bits per heavy atom. The van der Waals surface area contributed by atoms with Gasteiger partial charge in [0, 0.05) is 6.54 Å². The first-order valence-corrected chi connectivity index (χ1v) is 5.15. The minimum atomic E-state index is -1.05. The van der Waals surface area contributed by atoms with Crippen molar-refractivity contribution in [1.82, 2.24) is 4.90 Å². The topological polar surface area (TPSA) is 142 Å². The lowest BCUT2D eigenvalue weighted by molar-refractivity contribution is -0.148. The molecule has 0 radical (unpaired) electrons. The van der Waals surface area contributed by atoms with Gasteiger partial charge >= 0.3 is 0 Å². The van der Waals surface area contributed by atoms with Crippen LogP contribution in [-0.2, 0) is 19.1 Å². The molecule has 6 N–H and O–H groups in total. The summed E-state index contributed by atoms with van der Waals surface area (Å²) in [6.45, 7) is 0.572. The molecular formula is C9H16N4O4. The summed E-state index contributed by atoms with van der Waals surface area (Å²) in [7, 11) is 0. The number of carbonyl (C=O) groups is 3. The standard InChI is InChI=1S/C9H16N4O4/c10-5(3-7(11)14)9(16)13-1-2-17-4-6(13)8(12)15/h5-6H,1-4,10H2,(H2,11,14)(H2,12,15). The lowest BCUT2D eigenvalue weighted by Gasteiger charge is -2.34. The Kier molecular flexibility index (Phi) is 4.41. The molecule has 0 spiro atoms. The molecule has 1 saturated heterocycles. The van der Waals surface area contributed by atoms with Gasteiger partial charge in [0.25, 0.3) is 0 Å². The Balaban J connectivity index is 2.70. The van der Waals surface area contributed by atoms with Crippen molar-refractivity contribution in [3.8, 4) is 0 Å². The van der Waals surface area contributed by atoms with E-state index in [9.17, 15) is 14.4 Å². The third-order valence-electron chi connectivity index (χ3n) is 2.48. The number of nitrogens with two attached hydrogens (primary N) is 3. The SMILES string of the molecule is NC(=O)CC(N)C(=O)N1CCOCC1C(N)=O. The lowest BCUT2D eigenvalue weighted by Crippen LogP contribution is -2.58. The zero-order valence-corrected chi connectivity index (χ0v) is 9.30. The summed E-state index contributed by atoms with van der Waals surface area (Å²) in [4.78, 5) is 34.9. The average Bonchev–Trinajstić information content (AvgIpc) is 2.27. The van der Waals surface area contributed by atoms with Gasteiger partial charge in [-0.1, -0.05) is 0 Å². The van der Waals surface area contributed by atoms with E-state index in [1.807, 2.05) is 0 Å². The maximum absolute atomic E-state index is 11.9. The van der Waals surface area contributed by atoms with Crippen LogP contribution in [0, 0.1) is 0 Å². The summed E-state index contributed by atoms with van der Waals surface area (Å²) in [6.07, 6.45) is -0.262. The second-order valence-electron chi connectivity index (χ2n) is 3.80. The number of amides is 3. The fourth-order valence-electron chi connectivity index (χ4n) is 1.62. The van der Waals surface area contributed by atoms with E-state index in [0.29, 0.717) is 6.61 Å². The van der Waals surface area contributed by atoms with E-state index in [-0.39, 0.29) is 19.6 Å². The molecular weight excluding hydrogens is 228 g/mol. The van der Waals surface area contributed by atoms with Gasteiger partial charge in [-0.15, -0.1) is 0 Å². The first kappa shape index (κ1) is 13.4. The van der Waals surface area contributed by atoms with Crippen LogP contribution in [0.3, 0.4) is 0 Å². The fourth-order valence-corrected chi connectivity index (χ4v) is 1.62. The van der Waals surface area contributed by atoms with Crippen molar-refractivity contribution in [2.45, 2.75) is 18.5 Å². The van der Waals surface area contributed by atoms with Crippen molar-refractivity contribution < 1.29 is 19.1 Å². The van der Waals surface area contributed by atoms with Gasteiger partial charge in [-0.2, -0.15) is 0 Å². The molecule has 3 amide bonds. The van der Waals surface area contributed by atoms with Crippen LogP contribution >= 0.6 is 0 Å². The van der Waals surface area contributed by atoms with Crippen LogP contribution in [0.4, 0.5) is 0 Å².